The number of hydrogen-bond acceptors (Lipinski definition) is 3. The smallest absolute Gasteiger partial charge is 0.166 e. The summed E-state index contributed by atoms with van der Waals surface area (Å²) in [5.41, 5.74) is 2.07. The SMILES string of the molecule is N#Cc1nc[nH]c1-c1ccncc1. The number of pyridine rings is 1. The normalized spacial score (nSPS) is 9.46. The van der Waals surface area contributed by atoms with Crippen molar-refractivity contribution in [1.82, 2.24) is 15.0 Å². The summed E-state index contributed by atoms with van der Waals surface area (Å²) < 4.78 is 0. The van der Waals surface area contributed by atoms with Gasteiger partial charge in [0.15, 0.2) is 5.69 Å². The molecule has 0 aliphatic rings. The first kappa shape index (κ1) is 7.50. The van der Waals surface area contributed by atoms with Gasteiger partial charge in [-0.25, -0.2) is 4.98 Å². The van der Waals surface area contributed by atoms with E-state index in [9.17, 15) is 0 Å². The quantitative estimate of drug-likeness (QED) is 0.702. The maximum absolute atomic E-state index is 8.72. The Kier molecular flexibility index (Phi) is 1.77. The minimum absolute atomic E-state index is 0.409. The highest BCUT2D eigenvalue weighted by Gasteiger charge is 2.05. The summed E-state index contributed by atoms with van der Waals surface area (Å²) in [6.45, 7) is 0. The second-order valence-electron chi connectivity index (χ2n) is 2.47. The Morgan fingerprint density at radius 3 is 2.77 bits per heavy atom. The number of nitriles is 1. The molecule has 2 heterocycles. The minimum Gasteiger partial charge on any atom is -0.343 e. The highest BCUT2D eigenvalue weighted by atomic mass is 14.9. The average Bonchev–Trinajstić information content (AvgIpc) is 2.67. The van der Waals surface area contributed by atoms with Gasteiger partial charge in [-0.3, -0.25) is 4.98 Å². The van der Waals surface area contributed by atoms with Crippen LogP contribution >= 0.6 is 0 Å². The molecule has 0 amide bonds. The summed E-state index contributed by atoms with van der Waals surface area (Å²) in [6, 6.07) is 5.67. The third kappa shape index (κ3) is 1.27. The van der Waals surface area contributed by atoms with Gasteiger partial charge < -0.3 is 4.98 Å². The van der Waals surface area contributed by atoms with Crippen molar-refractivity contribution in [2.75, 3.05) is 0 Å². The molecule has 0 radical (unpaired) electrons. The molecule has 4 nitrogen and oxygen atoms in total. The lowest BCUT2D eigenvalue weighted by atomic mass is 10.2. The van der Waals surface area contributed by atoms with E-state index in [-0.39, 0.29) is 0 Å². The Bertz CT molecular complexity index is 438. The first-order chi connectivity index (χ1) is 6.42. The molecule has 0 spiro atoms. The van der Waals surface area contributed by atoms with Crippen molar-refractivity contribution >= 4 is 0 Å². The van der Waals surface area contributed by atoms with E-state index in [1.54, 1.807) is 12.4 Å². The molecular weight excluding hydrogens is 164 g/mol. The molecule has 2 aromatic heterocycles. The predicted molar refractivity (Wildman–Crippen MR) is 46.5 cm³/mol. The van der Waals surface area contributed by atoms with Gasteiger partial charge in [-0.1, -0.05) is 0 Å². The maximum atomic E-state index is 8.72. The largest absolute Gasteiger partial charge is 0.343 e. The number of aromatic nitrogens is 3. The fraction of sp³-hybridized carbons (Fsp3) is 0. The van der Waals surface area contributed by atoms with Crippen molar-refractivity contribution in [3.8, 4) is 17.3 Å². The third-order valence-electron chi connectivity index (χ3n) is 1.71. The van der Waals surface area contributed by atoms with E-state index in [0.717, 1.165) is 11.3 Å². The molecule has 0 unspecified atom stereocenters. The molecule has 62 valence electrons. The molecule has 2 rings (SSSR count). The van der Waals surface area contributed by atoms with Gasteiger partial charge in [-0.05, 0) is 12.1 Å². The molecule has 0 aromatic carbocycles. The van der Waals surface area contributed by atoms with Gasteiger partial charge >= 0.3 is 0 Å². The molecule has 2 aromatic rings. The predicted octanol–water partition coefficient (Wildman–Crippen LogP) is 1.34. The summed E-state index contributed by atoms with van der Waals surface area (Å²) in [7, 11) is 0. The maximum Gasteiger partial charge on any atom is 0.166 e. The van der Waals surface area contributed by atoms with Crippen LogP contribution in [0.15, 0.2) is 30.9 Å². The van der Waals surface area contributed by atoms with Gasteiger partial charge in [0, 0.05) is 18.0 Å². The van der Waals surface area contributed by atoms with Gasteiger partial charge in [0.05, 0.1) is 12.0 Å². The molecule has 0 aliphatic heterocycles. The molecule has 0 saturated heterocycles. The lowest BCUT2D eigenvalue weighted by Crippen LogP contribution is -1.82. The molecule has 13 heavy (non-hydrogen) atoms. The Morgan fingerprint density at radius 1 is 1.31 bits per heavy atom. The third-order valence-corrected chi connectivity index (χ3v) is 1.71. The number of nitrogens with one attached hydrogen (secondary N) is 1. The topological polar surface area (TPSA) is 65.4 Å². The van der Waals surface area contributed by atoms with Crippen molar-refractivity contribution in [1.29, 1.82) is 5.26 Å². The fourth-order valence-corrected chi connectivity index (χ4v) is 1.12. The number of hydrogen-bond donors (Lipinski definition) is 1. The number of H-pyrrole nitrogens is 1. The van der Waals surface area contributed by atoms with Crippen LogP contribution in [0.1, 0.15) is 5.69 Å². The van der Waals surface area contributed by atoms with E-state index in [2.05, 4.69) is 15.0 Å². The molecule has 0 bridgehead atoms. The van der Waals surface area contributed by atoms with Crippen LogP contribution in [0.25, 0.3) is 11.3 Å². The molecule has 0 aliphatic carbocycles. The van der Waals surface area contributed by atoms with Crippen LogP contribution in [0, 0.1) is 11.3 Å². The number of aromatic amines is 1. The molecule has 0 fully saturated rings. The molecule has 0 saturated carbocycles. The molecule has 0 atom stereocenters. The summed E-state index contributed by atoms with van der Waals surface area (Å²) >= 11 is 0. The molecular formula is C9H6N4. The minimum atomic E-state index is 0.409. The first-order valence-corrected chi connectivity index (χ1v) is 3.75. The van der Waals surface area contributed by atoms with E-state index in [1.165, 1.54) is 6.33 Å². The standard InChI is InChI=1S/C9H6N4/c10-5-8-9(13-6-12-8)7-1-3-11-4-2-7/h1-4,6H,(H,12,13). The molecule has 4 heteroatoms. The van der Waals surface area contributed by atoms with Crippen molar-refractivity contribution in [3.05, 3.63) is 36.5 Å². The van der Waals surface area contributed by atoms with Crippen LogP contribution in [0.5, 0.6) is 0 Å². The van der Waals surface area contributed by atoms with Crippen LogP contribution < -0.4 is 0 Å². The zero-order valence-electron chi connectivity index (χ0n) is 6.73. The fourth-order valence-electron chi connectivity index (χ4n) is 1.12. The highest BCUT2D eigenvalue weighted by molar-refractivity contribution is 5.63. The van der Waals surface area contributed by atoms with Crippen molar-refractivity contribution in [3.63, 3.8) is 0 Å². The average molecular weight is 170 g/mol. The van der Waals surface area contributed by atoms with Crippen LogP contribution in [-0.2, 0) is 0 Å². The number of rotatable bonds is 1. The van der Waals surface area contributed by atoms with E-state index < -0.39 is 0 Å². The second-order valence-corrected chi connectivity index (χ2v) is 2.47. The second kappa shape index (κ2) is 3.07. The van der Waals surface area contributed by atoms with E-state index in [4.69, 9.17) is 5.26 Å². The monoisotopic (exact) mass is 170 g/mol. The zero-order valence-corrected chi connectivity index (χ0v) is 6.73. The number of nitrogens with zero attached hydrogens (tertiary/aromatic N) is 3. The summed E-state index contributed by atoms with van der Waals surface area (Å²) in [4.78, 5) is 10.7. The van der Waals surface area contributed by atoms with E-state index >= 15 is 0 Å². The van der Waals surface area contributed by atoms with Gasteiger partial charge in [0.1, 0.15) is 6.07 Å². The summed E-state index contributed by atoms with van der Waals surface area (Å²) in [5, 5.41) is 8.72. The van der Waals surface area contributed by atoms with Gasteiger partial charge in [0.25, 0.3) is 0 Å². The lowest BCUT2D eigenvalue weighted by Gasteiger charge is -1.95. The highest BCUT2D eigenvalue weighted by Crippen LogP contribution is 2.17. The Hall–Kier alpha value is -2.15. The van der Waals surface area contributed by atoms with Gasteiger partial charge in [-0.15, -0.1) is 0 Å². The van der Waals surface area contributed by atoms with E-state index in [1.807, 2.05) is 18.2 Å². The summed E-state index contributed by atoms with van der Waals surface area (Å²) in [5.74, 6) is 0. The van der Waals surface area contributed by atoms with Crippen molar-refractivity contribution in [2.24, 2.45) is 0 Å². The van der Waals surface area contributed by atoms with Crippen LogP contribution in [-0.4, -0.2) is 15.0 Å². The van der Waals surface area contributed by atoms with Crippen molar-refractivity contribution in [2.45, 2.75) is 0 Å². The lowest BCUT2D eigenvalue weighted by molar-refractivity contribution is 1.29. The number of imidazole rings is 1. The van der Waals surface area contributed by atoms with Crippen LogP contribution in [0.2, 0.25) is 0 Å². The van der Waals surface area contributed by atoms with Gasteiger partial charge in [0.2, 0.25) is 0 Å². The van der Waals surface area contributed by atoms with E-state index in [0.29, 0.717) is 5.69 Å². The Labute approximate surface area is 74.9 Å². The zero-order chi connectivity index (χ0) is 9.10. The van der Waals surface area contributed by atoms with Crippen molar-refractivity contribution < 1.29 is 0 Å². The molecule has 1 N–H and O–H groups in total. The Balaban J connectivity index is 2.54. The van der Waals surface area contributed by atoms with Crippen LogP contribution in [0.3, 0.4) is 0 Å². The van der Waals surface area contributed by atoms with Crippen LogP contribution in [0.4, 0.5) is 0 Å². The Morgan fingerprint density at radius 2 is 2.08 bits per heavy atom. The summed E-state index contributed by atoms with van der Waals surface area (Å²) in [6.07, 6.45) is 4.86. The van der Waals surface area contributed by atoms with Gasteiger partial charge in [-0.2, -0.15) is 5.26 Å². The first-order valence-electron chi connectivity index (χ1n) is 3.75.